The van der Waals surface area contributed by atoms with E-state index < -0.39 is 11.0 Å². The summed E-state index contributed by atoms with van der Waals surface area (Å²) in [5.41, 5.74) is 0. The van der Waals surface area contributed by atoms with E-state index in [1.54, 1.807) is 6.26 Å². The molecule has 1 heterocycles. The van der Waals surface area contributed by atoms with Gasteiger partial charge in [-0.3, -0.25) is 4.90 Å². The predicted molar refractivity (Wildman–Crippen MR) is 56.1 cm³/mol. The Morgan fingerprint density at radius 2 is 1.91 bits per heavy atom. The molecule has 1 unspecified atom stereocenters. The molecule has 0 aromatic heterocycles. The fourth-order valence-corrected chi connectivity index (χ4v) is 2.47. The Hall–Kier alpha value is 0.800. The summed E-state index contributed by atoms with van der Waals surface area (Å²) in [7, 11) is -0.765. The largest absolute Gasteiger partial charge is 0.292 e. The summed E-state index contributed by atoms with van der Waals surface area (Å²) >= 11 is 2.36. The first-order valence-electron chi connectivity index (χ1n) is 3.61. The first-order valence-corrected chi connectivity index (χ1v) is 6.65. The number of piperazine rings is 1. The third-order valence-corrected chi connectivity index (χ3v) is 3.92. The first kappa shape index (κ1) is 9.88. The van der Waals surface area contributed by atoms with Crippen molar-refractivity contribution in [2.24, 2.45) is 0 Å². The predicted octanol–water partition coefficient (Wildman–Crippen LogP) is 0.290. The van der Waals surface area contributed by atoms with Crippen LogP contribution in [-0.4, -0.2) is 50.4 Å². The van der Waals surface area contributed by atoms with Gasteiger partial charge in [0.1, 0.15) is 0 Å². The van der Waals surface area contributed by atoms with Crippen LogP contribution in [0, 0.1) is 0 Å². The summed E-state index contributed by atoms with van der Waals surface area (Å²) in [5.74, 6) is 0. The van der Waals surface area contributed by atoms with E-state index in [1.807, 2.05) is 4.31 Å². The Labute approximate surface area is 83.8 Å². The van der Waals surface area contributed by atoms with E-state index in [9.17, 15) is 4.21 Å². The van der Waals surface area contributed by atoms with Gasteiger partial charge in [0.2, 0.25) is 0 Å². The van der Waals surface area contributed by atoms with Crippen molar-refractivity contribution in [2.45, 2.75) is 0 Å². The van der Waals surface area contributed by atoms with Crippen LogP contribution in [0.1, 0.15) is 0 Å². The standard InChI is InChI=1S/C6H13IN2OS/c1-11(10)9-4-2-8(6-7)3-5-9/h2-6H2,1H3. The molecule has 1 aliphatic heterocycles. The highest BCUT2D eigenvalue weighted by atomic mass is 127. The van der Waals surface area contributed by atoms with Crippen molar-refractivity contribution in [1.82, 2.24) is 9.21 Å². The molecule has 0 N–H and O–H groups in total. The summed E-state index contributed by atoms with van der Waals surface area (Å²) in [6, 6.07) is 0. The number of alkyl halides is 1. The lowest BCUT2D eigenvalue weighted by Crippen LogP contribution is -2.45. The fraction of sp³-hybridized carbons (Fsp3) is 1.00. The van der Waals surface area contributed by atoms with Crippen LogP contribution in [-0.2, 0) is 11.0 Å². The quantitative estimate of drug-likeness (QED) is 0.414. The second-order valence-electron chi connectivity index (χ2n) is 2.59. The van der Waals surface area contributed by atoms with E-state index in [4.69, 9.17) is 0 Å². The van der Waals surface area contributed by atoms with Gasteiger partial charge >= 0.3 is 0 Å². The maximum Gasteiger partial charge on any atom is 0.0911 e. The van der Waals surface area contributed by atoms with E-state index >= 15 is 0 Å². The maximum atomic E-state index is 11.0. The molecule has 5 heteroatoms. The lowest BCUT2D eigenvalue weighted by atomic mass is 10.4. The van der Waals surface area contributed by atoms with Gasteiger partial charge in [0, 0.05) is 32.4 Å². The molecule has 0 aromatic rings. The topological polar surface area (TPSA) is 23.6 Å². The van der Waals surface area contributed by atoms with Crippen LogP contribution < -0.4 is 0 Å². The van der Waals surface area contributed by atoms with Crippen molar-refractivity contribution in [3.63, 3.8) is 0 Å². The molecule has 0 saturated carbocycles. The number of hydrogen-bond acceptors (Lipinski definition) is 2. The monoisotopic (exact) mass is 288 g/mol. The van der Waals surface area contributed by atoms with Gasteiger partial charge in [-0.2, -0.15) is 0 Å². The average Bonchev–Trinajstić information content (AvgIpc) is 2.05. The van der Waals surface area contributed by atoms with E-state index in [-0.39, 0.29) is 0 Å². The highest BCUT2D eigenvalue weighted by Crippen LogP contribution is 2.04. The van der Waals surface area contributed by atoms with Crippen LogP contribution in [0.5, 0.6) is 0 Å². The first-order chi connectivity index (χ1) is 5.24. The molecule has 11 heavy (non-hydrogen) atoms. The van der Waals surface area contributed by atoms with E-state index in [0.29, 0.717) is 0 Å². The number of rotatable bonds is 2. The Kier molecular flexibility index (Phi) is 4.26. The lowest BCUT2D eigenvalue weighted by Gasteiger charge is -2.31. The molecule has 1 aliphatic rings. The molecule has 66 valence electrons. The molecule has 0 aliphatic carbocycles. The van der Waals surface area contributed by atoms with Crippen molar-refractivity contribution in [1.29, 1.82) is 0 Å². The Morgan fingerprint density at radius 1 is 1.36 bits per heavy atom. The molecule has 1 saturated heterocycles. The second kappa shape index (κ2) is 4.74. The van der Waals surface area contributed by atoms with E-state index in [2.05, 4.69) is 27.5 Å². The molecule has 0 spiro atoms. The Bertz CT molecular complexity index is 148. The van der Waals surface area contributed by atoms with Gasteiger partial charge in [-0.1, -0.05) is 22.6 Å². The average molecular weight is 288 g/mol. The van der Waals surface area contributed by atoms with Crippen molar-refractivity contribution in [2.75, 3.05) is 37.0 Å². The Morgan fingerprint density at radius 3 is 2.27 bits per heavy atom. The van der Waals surface area contributed by atoms with E-state index in [1.165, 1.54) is 0 Å². The van der Waals surface area contributed by atoms with E-state index in [0.717, 1.165) is 30.7 Å². The normalized spacial score (nSPS) is 25.3. The van der Waals surface area contributed by atoms with Gasteiger partial charge in [0.05, 0.1) is 15.5 Å². The molecule has 0 aromatic carbocycles. The van der Waals surface area contributed by atoms with Crippen molar-refractivity contribution in [3.8, 4) is 0 Å². The molecule has 0 radical (unpaired) electrons. The minimum absolute atomic E-state index is 0.765. The summed E-state index contributed by atoms with van der Waals surface area (Å²) in [6.07, 6.45) is 1.75. The highest BCUT2D eigenvalue weighted by Gasteiger charge is 2.17. The molecule has 3 nitrogen and oxygen atoms in total. The van der Waals surface area contributed by atoms with Crippen LogP contribution in [0.25, 0.3) is 0 Å². The summed E-state index contributed by atoms with van der Waals surface area (Å²) < 4.78 is 14.1. The second-order valence-corrected chi connectivity index (χ2v) is 4.64. The summed E-state index contributed by atoms with van der Waals surface area (Å²) in [4.78, 5) is 2.37. The van der Waals surface area contributed by atoms with Gasteiger partial charge in [-0.15, -0.1) is 0 Å². The molecular formula is C6H13IN2OS. The summed E-state index contributed by atoms with van der Waals surface area (Å²) in [5, 5.41) is 0. The number of nitrogens with zero attached hydrogens (tertiary/aromatic N) is 2. The zero-order valence-electron chi connectivity index (χ0n) is 6.62. The molecule has 0 amide bonds. The van der Waals surface area contributed by atoms with Crippen molar-refractivity contribution < 1.29 is 4.21 Å². The third kappa shape index (κ3) is 2.96. The van der Waals surface area contributed by atoms with Gasteiger partial charge in [-0.05, 0) is 0 Å². The van der Waals surface area contributed by atoms with Crippen molar-refractivity contribution >= 4 is 33.6 Å². The van der Waals surface area contributed by atoms with Crippen LogP contribution in [0.2, 0.25) is 0 Å². The SMILES string of the molecule is CS(=O)N1CCN(CI)CC1. The molecule has 1 atom stereocenters. The third-order valence-electron chi connectivity index (χ3n) is 1.86. The number of halogens is 1. The highest BCUT2D eigenvalue weighted by molar-refractivity contribution is 14.1. The summed E-state index contributed by atoms with van der Waals surface area (Å²) in [6.45, 7) is 4.02. The lowest BCUT2D eigenvalue weighted by molar-refractivity contribution is 0.225. The van der Waals surface area contributed by atoms with Gasteiger partial charge in [0.25, 0.3) is 0 Å². The minimum Gasteiger partial charge on any atom is -0.292 e. The van der Waals surface area contributed by atoms with Gasteiger partial charge < -0.3 is 0 Å². The smallest absolute Gasteiger partial charge is 0.0911 e. The fourth-order valence-electron chi connectivity index (χ4n) is 1.11. The van der Waals surface area contributed by atoms with Crippen LogP contribution in [0.4, 0.5) is 0 Å². The zero-order valence-corrected chi connectivity index (χ0v) is 9.60. The zero-order chi connectivity index (χ0) is 8.27. The van der Waals surface area contributed by atoms with Crippen molar-refractivity contribution in [3.05, 3.63) is 0 Å². The Balaban J connectivity index is 2.30. The molecule has 1 rings (SSSR count). The molecule has 1 fully saturated rings. The van der Waals surface area contributed by atoms with Crippen LogP contribution >= 0.6 is 22.6 Å². The molecule has 0 bridgehead atoms. The maximum absolute atomic E-state index is 11.0. The number of hydrogen-bond donors (Lipinski definition) is 0. The van der Waals surface area contributed by atoms with Gasteiger partial charge in [0.15, 0.2) is 0 Å². The van der Waals surface area contributed by atoms with Gasteiger partial charge in [-0.25, -0.2) is 8.51 Å². The van der Waals surface area contributed by atoms with Crippen LogP contribution in [0.3, 0.4) is 0 Å². The van der Waals surface area contributed by atoms with Crippen LogP contribution in [0.15, 0.2) is 0 Å². The molecular weight excluding hydrogens is 275 g/mol. The minimum atomic E-state index is -0.765.